The highest BCUT2D eigenvalue weighted by Crippen LogP contribution is 2.48. The average Bonchev–Trinajstić information content (AvgIpc) is 3.65. The smallest absolute Gasteiger partial charge is 0.000717 e. The Bertz CT molecular complexity index is 2280. The Balaban J connectivity index is 1.49. The Morgan fingerprint density at radius 3 is 0.667 bits per heavy atom. The zero-order chi connectivity index (χ0) is 27.4. The van der Waals surface area contributed by atoms with Gasteiger partial charge in [0.15, 0.2) is 0 Å². The molecule has 0 heterocycles. The highest BCUT2D eigenvalue weighted by atomic mass is 14.3. The van der Waals surface area contributed by atoms with E-state index in [2.05, 4.69) is 146 Å². The molecule has 0 saturated carbocycles. The summed E-state index contributed by atoms with van der Waals surface area (Å²) >= 11 is 0. The molecule has 10 aromatic carbocycles. The lowest BCUT2D eigenvalue weighted by Gasteiger charge is -2.07. The summed E-state index contributed by atoms with van der Waals surface area (Å²) in [5, 5.41) is 20.6. The Hall–Kier alpha value is -5.46. The van der Waals surface area contributed by atoms with Gasteiger partial charge in [-0.3, -0.25) is 0 Å². The Labute approximate surface area is 242 Å². The van der Waals surface area contributed by atoms with E-state index in [1.807, 2.05) is 0 Å². The standard InChI is InChI=1S/C42H24/c1-4-10-25(11-5-1)22-34-28-16-18-30-35(23-26-12-6-2-7-13-26)32-20-21-33-36(24-27-14-8-3-9-15-27)31-19-17-29(34)38-37(28)39(30)41(32)42(33)40(31)38/h1-24H. The van der Waals surface area contributed by atoms with Gasteiger partial charge in [-0.05, 0) is 115 Å². The van der Waals surface area contributed by atoms with E-state index < -0.39 is 0 Å². The molecule has 0 aromatic heterocycles. The van der Waals surface area contributed by atoms with Gasteiger partial charge in [-0.1, -0.05) is 127 Å². The molecule has 10 aromatic rings. The molecule has 0 fully saturated rings. The molecule has 0 aliphatic rings. The van der Waals surface area contributed by atoms with Gasteiger partial charge in [-0.2, -0.15) is 0 Å². The van der Waals surface area contributed by atoms with E-state index >= 15 is 0 Å². The van der Waals surface area contributed by atoms with Gasteiger partial charge >= 0.3 is 0 Å². The Morgan fingerprint density at radius 1 is 0.238 bits per heavy atom. The van der Waals surface area contributed by atoms with Gasteiger partial charge < -0.3 is 0 Å². The molecule has 0 amide bonds. The minimum absolute atomic E-state index is 1.24. The summed E-state index contributed by atoms with van der Waals surface area (Å²) in [6.45, 7) is 0. The number of hydrogen-bond donors (Lipinski definition) is 0. The first-order valence-electron chi connectivity index (χ1n) is 14.7. The zero-order valence-corrected chi connectivity index (χ0v) is 22.9. The lowest BCUT2D eigenvalue weighted by molar-refractivity contribution is 1.65. The molecule has 0 aliphatic carbocycles. The molecular formula is C42H24. The first kappa shape index (κ1) is 22.3. The van der Waals surface area contributed by atoms with Crippen LogP contribution in [0.3, 0.4) is 0 Å². The topological polar surface area (TPSA) is 0 Å². The predicted molar refractivity (Wildman–Crippen MR) is 181 cm³/mol. The Morgan fingerprint density at radius 2 is 0.452 bits per heavy atom. The average molecular weight is 529 g/mol. The van der Waals surface area contributed by atoms with Crippen molar-refractivity contribution in [3.63, 3.8) is 0 Å². The van der Waals surface area contributed by atoms with Crippen molar-refractivity contribution < 1.29 is 0 Å². The van der Waals surface area contributed by atoms with Crippen molar-refractivity contribution in [2.75, 3.05) is 0 Å². The third-order valence-electron chi connectivity index (χ3n) is 9.44. The lowest BCUT2D eigenvalue weighted by Crippen LogP contribution is -2.00. The van der Waals surface area contributed by atoms with Crippen LogP contribution < -0.4 is 15.7 Å². The molecular weight excluding hydrogens is 504 g/mol. The van der Waals surface area contributed by atoms with E-state index in [0.717, 1.165) is 0 Å². The summed E-state index contributed by atoms with van der Waals surface area (Å²) in [6, 6.07) is 46.5. The molecule has 0 aliphatic heterocycles. The van der Waals surface area contributed by atoms with E-state index in [1.54, 1.807) is 0 Å². The van der Waals surface area contributed by atoms with Crippen molar-refractivity contribution in [1.29, 1.82) is 0 Å². The largest absolute Gasteiger partial charge is 0.0622 e. The first-order valence-corrected chi connectivity index (χ1v) is 14.7. The predicted octanol–water partition coefficient (Wildman–Crippen LogP) is 8.56. The summed E-state index contributed by atoms with van der Waals surface area (Å²) in [6.07, 6.45) is 7.14. The summed E-state index contributed by atoms with van der Waals surface area (Å²) in [5.41, 5.74) is 3.71. The normalized spacial score (nSPS) is 12.3. The van der Waals surface area contributed by atoms with Crippen LogP contribution in [0.4, 0.5) is 0 Å². The minimum Gasteiger partial charge on any atom is -0.0622 e. The maximum Gasteiger partial charge on any atom is -0.000717 e. The second-order valence-electron chi connectivity index (χ2n) is 11.6. The highest BCUT2D eigenvalue weighted by molar-refractivity contribution is 6.47. The molecule has 0 spiro atoms. The van der Waals surface area contributed by atoms with Crippen LogP contribution in [0.1, 0.15) is 16.7 Å². The monoisotopic (exact) mass is 528 g/mol. The van der Waals surface area contributed by atoms with Crippen molar-refractivity contribution >= 4 is 82.9 Å². The van der Waals surface area contributed by atoms with Crippen molar-refractivity contribution in [2.45, 2.75) is 0 Å². The van der Waals surface area contributed by atoms with Crippen molar-refractivity contribution in [1.82, 2.24) is 0 Å². The van der Waals surface area contributed by atoms with Crippen molar-refractivity contribution in [3.05, 3.63) is 160 Å². The molecule has 192 valence electrons. The van der Waals surface area contributed by atoms with Crippen molar-refractivity contribution in [3.8, 4) is 0 Å². The van der Waals surface area contributed by atoms with Crippen LogP contribution in [0.2, 0.25) is 0 Å². The van der Waals surface area contributed by atoms with Crippen LogP contribution in [0.15, 0.2) is 127 Å². The quantitative estimate of drug-likeness (QED) is 0.202. The van der Waals surface area contributed by atoms with Crippen LogP contribution in [-0.2, 0) is 0 Å². The fourth-order valence-electron chi connectivity index (χ4n) is 7.76. The van der Waals surface area contributed by atoms with Crippen LogP contribution in [0.25, 0.3) is 82.9 Å². The van der Waals surface area contributed by atoms with Gasteiger partial charge in [0.2, 0.25) is 0 Å². The van der Waals surface area contributed by atoms with Gasteiger partial charge in [0.25, 0.3) is 0 Å². The lowest BCUT2D eigenvalue weighted by atomic mass is 9.95. The molecule has 0 N–H and O–H groups in total. The maximum atomic E-state index is 2.38. The van der Waals surface area contributed by atoms with Crippen LogP contribution in [0.5, 0.6) is 0 Å². The second kappa shape index (κ2) is 8.06. The van der Waals surface area contributed by atoms with E-state index in [9.17, 15) is 0 Å². The maximum absolute atomic E-state index is 2.38. The molecule has 42 heavy (non-hydrogen) atoms. The van der Waals surface area contributed by atoms with E-state index in [4.69, 9.17) is 0 Å². The zero-order valence-electron chi connectivity index (χ0n) is 22.9. The second-order valence-corrected chi connectivity index (χ2v) is 11.6. The van der Waals surface area contributed by atoms with Gasteiger partial charge in [-0.15, -0.1) is 0 Å². The van der Waals surface area contributed by atoms with Gasteiger partial charge in [-0.25, -0.2) is 0 Å². The molecule has 0 saturated heterocycles. The van der Waals surface area contributed by atoms with Gasteiger partial charge in [0.1, 0.15) is 0 Å². The number of benzene rings is 7. The molecule has 0 radical (unpaired) electrons. The van der Waals surface area contributed by atoms with E-state index in [1.165, 1.54) is 97.0 Å². The van der Waals surface area contributed by atoms with E-state index in [0.29, 0.717) is 0 Å². The Kier molecular flexibility index (Phi) is 4.27. The fourth-order valence-corrected chi connectivity index (χ4v) is 7.76. The third kappa shape index (κ3) is 2.81. The number of hydrogen-bond acceptors (Lipinski definition) is 0. The fraction of sp³-hybridized carbons (Fsp3) is 0. The van der Waals surface area contributed by atoms with Crippen LogP contribution in [0, 0.1) is 0 Å². The number of rotatable bonds is 3. The molecule has 0 unspecified atom stereocenters. The van der Waals surface area contributed by atoms with Gasteiger partial charge in [0.05, 0.1) is 0 Å². The SMILES string of the molecule is C(c1ccccc1)=c1c2ccc3c(=Cc4ccccc4)c4ccc5c(=Cc6ccccc6)c6ccc1c1c2c3c4c5c61. The van der Waals surface area contributed by atoms with Crippen LogP contribution >= 0.6 is 0 Å². The van der Waals surface area contributed by atoms with Crippen molar-refractivity contribution in [2.24, 2.45) is 0 Å². The van der Waals surface area contributed by atoms with Gasteiger partial charge in [0, 0.05) is 0 Å². The van der Waals surface area contributed by atoms with Crippen LogP contribution in [-0.4, -0.2) is 0 Å². The third-order valence-corrected chi connectivity index (χ3v) is 9.44. The molecule has 0 heteroatoms. The summed E-state index contributed by atoms with van der Waals surface area (Å²) < 4.78 is 0. The summed E-state index contributed by atoms with van der Waals surface area (Å²) in [7, 11) is 0. The minimum atomic E-state index is 1.24. The summed E-state index contributed by atoms with van der Waals surface area (Å²) in [5.74, 6) is 0. The highest BCUT2D eigenvalue weighted by Gasteiger charge is 2.26. The molecule has 0 bridgehead atoms. The van der Waals surface area contributed by atoms with E-state index in [-0.39, 0.29) is 0 Å². The molecule has 0 nitrogen and oxygen atoms in total. The summed E-state index contributed by atoms with van der Waals surface area (Å²) in [4.78, 5) is 0. The molecule has 10 rings (SSSR count). The first-order chi connectivity index (χ1) is 20.8. The molecule has 0 atom stereocenters.